The summed E-state index contributed by atoms with van der Waals surface area (Å²) >= 11 is 0. The molecule has 0 spiro atoms. The number of para-hydroxylation sites is 2. The molecule has 0 saturated carbocycles. The molecular weight excluding hydrogens is 442 g/mol. The van der Waals surface area contributed by atoms with E-state index in [1.807, 2.05) is 11.5 Å². The summed E-state index contributed by atoms with van der Waals surface area (Å²) in [6.45, 7) is 0. The molecule has 3 rings (SSSR count). The van der Waals surface area contributed by atoms with Gasteiger partial charge in [0.05, 0.1) is 22.8 Å². The van der Waals surface area contributed by atoms with Crippen molar-refractivity contribution in [2.24, 2.45) is 5.10 Å². The van der Waals surface area contributed by atoms with Crippen molar-refractivity contribution in [3.8, 4) is 11.8 Å². The average molecular weight is 457 g/mol. The third kappa shape index (κ3) is 5.86. The lowest BCUT2D eigenvalue weighted by atomic mass is 10.2. The summed E-state index contributed by atoms with van der Waals surface area (Å²) in [4.78, 5) is 46.9. The minimum Gasteiger partial charge on any atom is -0.422 e. The lowest BCUT2D eigenvalue weighted by molar-refractivity contribution is -0.385. The number of nitro benzene ring substituents is 1. The lowest BCUT2D eigenvalue weighted by Crippen LogP contribution is -2.32. The van der Waals surface area contributed by atoms with Gasteiger partial charge in [-0.25, -0.2) is 10.2 Å². The van der Waals surface area contributed by atoms with E-state index < -0.39 is 28.4 Å². The van der Waals surface area contributed by atoms with E-state index in [0.29, 0.717) is 11.3 Å². The molecule has 11 heteroatoms. The molecule has 2 N–H and O–H groups in total. The van der Waals surface area contributed by atoms with Gasteiger partial charge in [-0.3, -0.25) is 19.7 Å². The van der Waals surface area contributed by atoms with Crippen molar-refractivity contribution in [2.45, 2.75) is 0 Å². The number of carbonyl (C=O) groups excluding carboxylic acids is 3. The van der Waals surface area contributed by atoms with E-state index in [9.17, 15) is 24.5 Å². The number of hydrogen-bond acceptors (Lipinski definition) is 8. The number of esters is 1. The number of nitrogens with zero attached hydrogens (tertiary/aromatic N) is 3. The molecule has 0 aliphatic carbocycles. The smallest absolute Gasteiger partial charge is 0.350 e. The zero-order valence-electron chi connectivity index (χ0n) is 17.3. The molecule has 0 aromatic heterocycles. The number of ether oxygens (including phenoxy) is 1. The maximum absolute atomic E-state index is 12.5. The highest BCUT2D eigenvalue weighted by Gasteiger charge is 2.21. The Balaban J connectivity index is 1.65. The second kappa shape index (κ2) is 10.8. The first-order chi connectivity index (χ1) is 16.4. The first kappa shape index (κ1) is 23.3. The molecule has 0 saturated heterocycles. The first-order valence-electron chi connectivity index (χ1n) is 9.58. The van der Waals surface area contributed by atoms with E-state index in [1.165, 1.54) is 60.7 Å². The highest BCUT2D eigenvalue weighted by atomic mass is 16.6. The van der Waals surface area contributed by atoms with Crippen molar-refractivity contribution in [3.63, 3.8) is 0 Å². The summed E-state index contributed by atoms with van der Waals surface area (Å²) in [6, 6.07) is 19.3. The van der Waals surface area contributed by atoms with Gasteiger partial charge in [0.25, 0.3) is 5.69 Å². The number of nitriles is 1. The topological polar surface area (TPSA) is 164 Å². The predicted octanol–water partition coefficient (Wildman–Crippen LogP) is 2.77. The lowest BCUT2D eigenvalue weighted by Gasteiger charge is -2.07. The van der Waals surface area contributed by atoms with E-state index in [2.05, 4.69) is 10.4 Å². The number of rotatable bonds is 6. The first-order valence-corrected chi connectivity index (χ1v) is 9.58. The Kier molecular flexibility index (Phi) is 7.39. The number of amides is 2. The van der Waals surface area contributed by atoms with Crippen LogP contribution in [0.15, 0.2) is 77.9 Å². The van der Waals surface area contributed by atoms with Crippen LogP contribution in [-0.2, 0) is 9.59 Å². The maximum atomic E-state index is 12.5. The quantitative estimate of drug-likeness (QED) is 0.143. The van der Waals surface area contributed by atoms with Crippen molar-refractivity contribution in [1.82, 2.24) is 5.43 Å². The van der Waals surface area contributed by atoms with E-state index in [1.54, 1.807) is 12.1 Å². The standard InChI is InChI=1S/C23H15N5O6/c24-13-15-9-11-17(12-10-15)26-21(29)22(30)27-25-14-16-5-1-4-8-20(16)34-23(31)18-6-2-3-7-19(18)28(32)33/h1-12,14H,(H,26,29)(H,27,30)/b25-14+. The van der Waals surface area contributed by atoms with Crippen LogP contribution < -0.4 is 15.5 Å². The van der Waals surface area contributed by atoms with Crippen LogP contribution in [0.5, 0.6) is 5.75 Å². The number of carbonyl (C=O) groups is 3. The van der Waals surface area contributed by atoms with Crippen LogP contribution in [0.4, 0.5) is 11.4 Å². The molecule has 2 amide bonds. The number of anilines is 1. The Morgan fingerprint density at radius 3 is 2.35 bits per heavy atom. The van der Waals surface area contributed by atoms with Gasteiger partial charge in [0, 0.05) is 17.3 Å². The molecule has 0 radical (unpaired) electrons. The van der Waals surface area contributed by atoms with Crippen LogP contribution in [0, 0.1) is 21.4 Å². The highest BCUT2D eigenvalue weighted by Crippen LogP contribution is 2.22. The van der Waals surface area contributed by atoms with E-state index in [-0.39, 0.29) is 16.9 Å². The summed E-state index contributed by atoms with van der Waals surface area (Å²) in [5.74, 6) is -2.96. The van der Waals surface area contributed by atoms with Crippen molar-refractivity contribution in [1.29, 1.82) is 5.26 Å². The summed E-state index contributed by atoms with van der Waals surface area (Å²) in [5.41, 5.74) is 2.39. The van der Waals surface area contributed by atoms with Gasteiger partial charge in [-0.1, -0.05) is 24.3 Å². The van der Waals surface area contributed by atoms with Crippen LogP contribution in [0.25, 0.3) is 0 Å². The zero-order valence-corrected chi connectivity index (χ0v) is 17.3. The monoisotopic (exact) mass is 457 g/mol. The molecule has 0 aliphatic heterocycles. The average Bonchev–Trinajstić information content (AvgIpc) is 2.85. The van der Waals surface area contributed by atoms with Crippen LogP contribution in [0.3, 0.4) is 0 Å². The van der Waals surface area contributed by atoms with E-state index in [0.717, 1.165) is 6.21 Å². The summed E-state index contributed by atoms with van der Waals surface area (Å²) in [6.07, 6.45) is 1.15. The van der Waals surface area contributed by atoms with Crippen LogP contribution in [0.1, 0.15) is 21.5 Å². The molecule has 0 fully saturated rings. The van der Waals surface area contributed by atoms with Crippen molar-refractivity contribution < 1.29 is 24.0 Å². The molecule has 3 aromatic rings. The second-order valence-electron chi connectivity index (χ2n) is 6.54. The molecule has 34 heavy (non-hydrogen) atoms. The molecule has 168 valence electrons. The number of nitrogens with one attached hydrogen (secondary N) is 2. The van der Waals surface area contributed by atoms with Gasteiger partial charge in [-0.2, -0.15) is 10.4 Å². The van der Waals surface area contributed by atoms with Gasteiger partial charge in [0.2, 0.25) is 0 Å². The van der Waals surface area contributed by atoms with Crippen molar-refractivity contribution in [3.05, 3.63) is 99.6 Å². The largest absolute Gasteiger partial charge is 0.422 e. The number of hydrogen-bond donors (Lipinski definition) is 2. The second-order valence-corrected chi connectivity index (χ2v) is 6.54. The van der Waals surface area contributed by atoms with Gasteiger partial charge in [-0.15, -0.1) is 0 Å². The maximum Gasteiger partial charge on any atom is 0.350 e. The van der Waals surface area contributed by atoms with Crippen LogP contribution in [-0.4, -0.2) is 28.9 Å². The molecule has 0 bridgehead atoms. The molecule has 3 aromatic carbocycles. The van der Waals surface area contributed by atoms with Gasteiger partial charge >= 0.3 is 17.8 Å². The molecule has 0 aliphatic rings. The normalized spacial score (nSPS) is 10.2. The Bertz CT molecular complexity index is 1330. The highest BCUT2D eigenvalue weighted by molar-refractivity contribution is 6.39. The SMILES string of the molecule is N#Cc1ccc(NC(=O)C(=O)N/N=C/c2ccccc2OC(=O)c2ccccc2[N+](=O)[O-])cc1. The Labute approximate surface area is 192 Å². The number of nitro groups is 1. The Morgan fingerprint density at radius 1 is 0.971 bits per heavy atom. The third-order valence-electron chi connectivity index (χ3n) is 4.29. The third-order valence-corrected chi connectivity index (χ3v) is 4.29. The van der Waals surface area contributed by atoms with E-state index >= 15 is 0 Å². The Hall–Kier alpha value is -5.37. The van der Waals surface area contributed by atoms with Gasteiger partial charge in [-0.05, 0) is 42.5 Å². The van der Waals surface area contributed by atoms with Crippen molar-refractivity contribution >= 4 is 35.4 Å². The zero-order chi connectivity index (χ0) is 24.5. The fraction of sp³-hybridized carbons (Fsp3) is 0. The van der Waals surface area contributed by atoms with Crippen LogP contribution >= 0.6 is 0 Å². The molecule has 0 atom stereocenters. The minimum absolute atomic E-state index is 0.0330. The fourth-order valence-corrected chi connectivity index (χ4v) is 2.67. The summed E-state index contributed by atoms with van der Waals surface area (Å²) < 4.78 is 5.28. The number of benzene rings is 3. The molecule has 0 unspecified atom stereocenters. The van der Waals surface area contributed by atoms with Gasteiger partial charge in [0.1, 0.15) is 11.3 Å². The summed E-state index contributed by atoms with van der Waals surface area (Å²) in [5, 5.41) is 26.0. The molecular formula is C23H15N5O6. The molecule has 11 nitrogen and oxygen atoms in total. The fourth-order valence-electron chi connectivity index (χ4n) is 2.67. The Morgan fingerprint density at radius 2 is 1.65 bits per heavy atom. The van der Waals surface area contributed by atoms with Gasteiger partial charge < -0.3 is 10.1 Å². The predicted molar refractivity (Wildman–Crippen MR) is 120 cm³/mol. The van der Waals surface area contributed by atoms with Crippen LogP contribution in [0.2, 0.25) is 0 Å². The molecule has 0 heterocycles. The summed E-state index contributed by atoms with van der Waals surface area (Å²) in [7, 11) is 0. The van der Waals surface area contributed by atoms with E-state index in [4.69, 9.17) is 10.00 Å². The minimum atomic E-state index is -1.06. The number of hydrazone groups is 1. The van der Waals surface area contributed by atoms with Crippen molar-refractivity contribution in [2.75, 3.05) is 5.32 Å². The van der Waals surface area contributed by atoms with Gasteiger partial charge in [0.15, 0.2) is 0 Å².